The van der Waals surface area contributed by atoms with Crippen LogP contribution in [0.25, 0.3) is 0 Å². The summed E-state index contributed by atoms with van der Waals surface area (Å²) in [5, 5.41) is 81.3. The Hall–Kier alpha value is -9.76. The topological polar surface area (TPSA) is 662 Å². The van der Waals surface area contributed by atoms with Gasteiger partial charge in [-0.05, 0) is 100 Å². The van der Waals surface area contributed by atoms with Gasteiger partial charge in [0.2, 0.25) is 76.8 Å². The minimum Gasteiger partial charge on any atom is -0.508 e. The SMILES string of the molecule is CSCC[C@H](NC(=O)[C@H](CC(=O)O)NC(=O)[C@H](Cc1ccc(O)cc1)NC(=O)[C@H](CCC(=O)O)NC(=O)[C@H](CCCCN)NC(=O)[C@H](CCC(N)=O)NC(=O)[C@H](CC(N)=O)NC(=O)[C@@H](NC(=O)[C@H](CCC(N)=O)NC(=O)[C@@H](N)CC(C)C)[C@@H](C)O)C(=O)N[C@@H](CC(=O)O)C(=O)O. The number of hydrogen-bond acceptors (Lipinski definition) is 22. The van der Waals surface area contributed by atoms with E-state index < -0.39 is 237 Å². The minimum atomic E-state index is -2.08. The van der Waals surface area contributed by atoms with Crippen LogP contribution in [0.5, 0.6) is 5.75 Å². The molecule has 0 saturated heterocycles. The summed E-state index contributed by atoms with van der Waals surface area (Å²) in [5.41, 5.74) is 27.9. The molecule has 1 aromatic carbocycles. The zero-order chi connectivity index (χ0) is 73.1. The number of hydrogen-bond donors (Lipinski definition) is 21. The normalized spacial score (nSPS) is 14.8. The van der Waals surface area contributed by atoms with Crippen molar-refractivity contribution >= 4 is 112 Å². The predicted octanol–water partition coefficient (Wildman–Crippen LogP) is -7.28. The standard InChI is InChI=1S/C57H89N15O23S/c1-26(2)21-30(59)47(84)63-33(13-16-41(61)76)52(89)72-46(27(3)73)56(93)70-37(23-42(62)77)54(91)66-32(12-15-40(60)75)49(86)64-31(7-5-6-19-58)48(85)65-34(14-17-43(78)79)50(87)68-36(22-28-8-10-29(74)11-9-28)53(90)69-38(24-44(80)81)55(92)67-35(18-20-96-4)51(88)71-39(57(94)95)25-45(82)83/h8-11,26-27,30-39,46,73-74H,5-7,12-25,58-59H2,1-4H3,(H2,60,75)(H2,61,76)(H2,62,77)(H,63,84)(H,64,86)(H,65,85)(H,66,91)(H,67,92)(H,68,87)(H,69,90)(H,70,93)(H,71,88)(H,72,89)(H,78,79)(H,80,81)(H,82,83)(H,94,95)/t27-,30+,31+,32+,33+,34+,35+,36+,37+,38+,39+,46+/m1/s1. The molecule has 0 unspecified atom stereocenters. The van der Waals surface area contributed by atoms with Crippen LogP contribution in [0.1, 0.15) is 116 Å². The number of amides is 13. The van der Waals surface area contributed by atoms with E-state index in [0.717, 1.165) is 18.7 Å². The molecule has 0 saturated carbocycles. The highest BCUT2D eigenvalue weighted by molar-refractivity contribution is 7.98. The average molecular weight is 1380 g/mol. The monoisotopic (exact) mass is 1380 g/mol. The number of thioether (sulfide) groups is 1. The van der Waals surface area contributed by atoms with Crippen molar-refractivity contribution in [3.05, 3.63) is 29.8 Å². The van der Waals surface area contributed by atoms with Crippen LogP contribution in [0.2, 0.25) is 0 Å². The molecule has 0 radical (unpaired) electrons. The maximum absolute atomic E-state index is 14.4. The molecule has 12 atom stereocenters. The fraction of sp³-hybridized carbons (Fsp3) is 0.596. The summed E-state index contributed by atoms with van der Waals surface area (Å²) in [6.45, 7) is 4.61. The first-order valence-electron chi connectivity index (χ1n) is 30.1. The number of phenolic OH excluding ortho intramolecular Hbond substituents is 1. The maximum atomic E-state index is 14.4. The van der Waals surface area contributed by atoms with Gasteiger partial charge in [0.15, 0.2) is 0 Å². The molecule has 13 amide bonds. The molecular formula is C57H89N15O23S. The number of aliphatic hydroxyl groups excluding tert-OH is 1. The number of nitrogens with one attached hydrogen (secondary N) is 10. The van der Waals surface area contributed by atoms with Gasteiger partial charge in [0.25, 0.3) is 0 Å². The van der Waals surface area contributed by atoms with E-state index in [1.165, 1.54) is 24.3 Å². The van der Waals surface area contributed by atoms with Crippen molar-refractivity contribution in [2.75, 3.05) is 18.6 Å². The van der Waals surface area contributed by atoms with Gasteiger partial charge in [-0.3, -0.25) is 76.7 Å². The van der Waals surface area contributed by atoms with Crippen LogP contribution in [0, 0.1) is 5.92 Å². The second kappa shape index (κ2) is 43.3. The van der Waals surface area contributed by atoms with Gasteiger partial charge in [-0.15, -0.1) is 0 Å². The highest BCUT2D eigenvalue weighted by Gasteiger charge is 2.38. The number of unbranched alkanes of at least 4 members (excludes halogenated alkanes) is 1. The molecule has 1 rings (SSSR count). The van der Waals surface area contributed by atoms with Gasteiger partial charge in [0, 0.05) is 25.7 Å². The third kappa shape index (κ3) is 33.4. The molecule has 0 aliphatic rings. The maximum Gasteiger partial charge on any atom is 0.326 e. The number of aliphatic hydroxyl groups is 1. The van der Waals surface area contributed by atoms with Crippen LogP contribution >= 0.6 is 11.8 Å². The van der Waals surface area contributed by atoms with E-state index in [1.54, 1.807) is 20.1 Å². The molecule has 0 aliphatic heterocycles. The number of benzene rings is 1. The number of aliphatic carboxylic acids is 4. The number of carbonyl (C=O) groups excluding carboxylic acids is 13. The van der Waals surface area contributed by atoms with Crippen LogP contribution in [0.4, 0.5) is 0 Å². The molecule has 26 N–H and O–H groups in total. The summed E-state index contributed by atoms with van der Waals surface area (Å²) in [5.74, 6) is -22.2. The summed E-state index contributed by atoms with van der Waals surface area (Å²) in [6, 6.07) is -14.9. The van der Waals surface area contributed by atoms with Gasteiger partial charge in [0.1, 0.15) is 66.2 Å². The zero-order valence-electron chi connectivity index (χ0n) is 53.3. The Morgan fingerprint density at radius 3 is 1.23 bits per heavy atom. The van der Waals surface area contributed by atoms with Crippen molar-refractivity contribution in [2.24, 2.45) is 34.6 Å². The molecule has 536 valence electrons. The molecule has 0 aromatic heterocycles. The number of carbonyl (C=O) groups is 17. The van der Waals surface area contributed by atoms with Crippen molar-refractivity contribution in [2.45, 2.75) is 190 Å². The molecule has 0 heterocycles. The van der Waals surface area contributed by atoms with Gasteiger partial charge in [-0.2, -0.15) is 11.8 Å². The molecule has 96 heavy (non-hydrogen) atoms. The second-order valence-electron chi connectivity index (χ2n) is 22.6. The molecule has 0 bridgehead atoms. The van der Waals surface area contributed by atoms with Gasteiger partial charge in [-0.1, -0.05) is 26.0 Å². The lowest BCUT2D eigenvalue weighted by molar-refractivity contribution is -0.147. The van der Waals surface area contributed by atoms with Gasteiger partial charge in [-0.25, -0.2) is 4.79 Å². The van der Waals surface area contributed by atoms with E-state index >= 15 is 0 Å². The Morgan fingerprint density at radius 2 is 0.812 bits per heavy atom. The summed E-state index contributed by atoms with van der Waals surface area (Å²) in [6.07, 6.45) is -7.90. The van der Waals surface area contributed by atoms with Gasteiger partial charge in [0.05, 0.1) is 31.4 Å². The summed E-state index contributed by atoms with van der Waals surface area (Å²) in [4.78, 5) is 222. The van der Waals surface area contributed by atoms with Crippen LogP contribution < -0.4 is 81.8 Å². The fourth-order valence-electron chi connectivity index (χ4n) is 8.88. The van der Waals surface area contributed by atoms with Gasteiger partial charge < -0.3 is 112 Å². The first kappa shape index (κ1) is 84.3. The lowest BCUT2D eigenvalue weighted by Crippen LogP contribution is -2.62. The number of aromatic hydroxyl groups is 1. The molecular weight excluding hydrogens is 1290 g/mol. The smallest absolute Gasteiger partial charge is 0.326 e. The molecule has 1 aromatic rings. The van der Waals surface area contributed by atoms with Crippen molar-refractivity contribution in [1.29, 1.82) is 0 Å². The average Bonchev–Trinajstić information content (AvgIpc) is 0.877. The van der Waals surface area contributed by atoms with Crippen LogP contribution in [0.3, 0.4) is 0 Å². The molecule has 0 fully saturated rings. The van der Waals surface area contributed by atoms with E-state index in [-0.39, 0.29) is 61.6 Å². The summed E-state index contributed by atoms with van der Waals surface area (Å²) < 4.78 is 0. The fourth-order valence-corrected chi connectivity index (χ4v) is 9.35. The third-order valence-electron chi connectivity index (χ3n) is 13.9. The Balaban J connectivity index is 3.78. The van der Waals surface area contributed by atoms with Crippen molar-refractivity contribution in [3.8, 4) is 5.75 Å². The van der Waals surface area contributed by atoms with Crippen molar-refractivity contribution < 1.29 is 112 Å². The second-order valence-corrected chi connectivity index (χ2v) is 23.6. The first-order chi connectivity index (χ1) is 44.9. The zero-order valence-corrected chi connectivity index (χ0v) is 54.1. The van der Waals surface area contributed by atoms with E-state index in [9.17, 15) is 112 Å². The third-order valence-corrected chi connectivity index (χ3v) is 14.5. The lowest BCUT2D eigenvalue weighted by atomic mass is 10.0. The summed E-state index contributed by atoms with van der Waals surface area (Å²) >= 11 is 1.16. The minimum absolute atomic E-state index is 0.0323. The van der Waals surface area contributed by atoms with E-state index in [2.05, 4.69) is 47.9 Å². The quantitative estimate of drug-likeness (QED) is 0.0270. The van der Waals surface area contributed by atoms with E-state index in [0.29, 0.717) is 0 Å². The number of carboxylic acid groups (broad SMARTS) is 4. The van der Waals surface area contributed by atoms with Gasteiger partial charge >= 0.3 is 23.9 Å². The van der Waals surface area contributed by atoms with Crippen molar-refractivity contribution in [1.82, 2.24) is 53.2 Å². The molecule has 0 aliphatic carbocycles. The Kier molecular flexibility index (Phi) is 38.0. The molecule has 38 nitrogen and oxygen atoms in total. The van der Waals surface area contributed by atoms with Crippen LogP contribution in [0.15, 0.2) is 24.3 Å². The van der Waals surface area contributed by atoms with E-state index in [1.807, 2.05) is 5.32 Å². The number of rotatable bonds is 48. The van der Waals surface area contributed by atoms with Crippen molar-refractivity contribution in [3.63, 3.8) is 0 Å². The molecule has 39 heteroatoms. The highest BCUT2D eigenvalue weighted by Crippen LogP contribution is 2.15. The first-order valence-corrected chi connectivity index (χ1v) is 31.5. The number of nitrogens with two attached hydrogens (primary N) is 5. The summed E-state index contributed by atoms with van der Waals surface area (Å²) in [7, 11) is 0. The lowest BCUT2D eigenvalue weighted by Gasteiger charge is -2.28. The molecule has 0 spiro atoms. The predicted molar refractivity (Wildman–Crippen MR) is 336 cm³/mol. The Bertz CT molecular complexity index is 2920. The number of carboxylic acids is 4. The largest absolute Gasteiger partial charge is 0.508 e. The Morgan fingerprint density at radius 1 is 0.438 bits per heavy atom. The van der Waals surface area contributed by atoms with Crippen LogP contribution in [-0.4, -0.2) is 222 Å². The van der Waals surface area contributed by atoms with E-state index in [4.69, 9.17) is 28.7 Å². The highest BCUT2D eigenvalue weighted by atomic mass is 32.2. The Labute approximate surface area is 554 Å². The number of phenols is 1. The number of primary amides is 3. The van der Waals surface area contributed by atoms with Crippen LogP contribution in [-0.2, 0) is 87.9 Å².